The van der Waals surface area contributed by atoms with Crippen molar-refractivity contribution in [3.05, 3.63) is 17.0 Å². The summed E-state index contributed by atoms with van der Waals surface area (Å²) in [6, 6.07) is 0.560. The maximum absolute atomic E-state index is 13.5. The minimum absolute atomic E-state index is 0.00113. The van der Waals surface area contributed by atoms with Gasteiger partial charge in [-0.25, -0.2) is 0 Å². The first-order chi connectivity index (χ1) is 15.1. The highest BCUT2D eigenvalue weighted by Gasteiger charge is 2.50. The first-order valence-electron chi connectivity index (χ1n) is 13.2. The van der Waals surface area contributed by atoms with E-state index < -0.39 is 6.10 Å². The quantitative estimate of drug-likeness (QED) is 0.717. The van der Waals surface area contributed by atoms with Gasteiger partial charge in [-0.3, -0.25) is 9.48 Å². The van der Waals surface area contributed by atoms with Crippen molar-refractivity contribution in [2.45, 2.75) is 109 Å². The first kappa shape index (κ1) is 20.3. The smallest absolute Gasteiger partial charge is 0.272 e. The molecule has 1 heterocycles. The molecule has 1 amide bonds. The van der Waals surface area contributed by atoms with Crippen molar-refractivity contribution in [2.75, 3.05) is 0 Å². The number of hydrogen-bond donors (Lipinski definition) is 2. The van der Waals surface area contributed by atoms with Crippen LogP contribution >= 0.6 is 0 Å². The van der Waals surface area contributed by atoms with Gasteiger partial charge in [0.2, 0.25) is 0 Å². The minimum Gasteiger partial charge on any atom is -0.387 e. The lowest BCUT2D eigenvalue weighted by Gasteiger charge is -2.56. The Bertz CT molecular complexity index is 812. The van der Waals surface area contributed by atoms with Crippen LogP contribution in [0.15, 0.2) is 0 Å². The maximum atomic E-state index is 13.5. The Labute approximate surface area is 186 Å². The van der Waals surface area contributed by atoms with Gasteiger partial charge in [0.05, 0.1) is 17.8 Å². The van der Waals surface area contributed by atoms with E-state index in [0.717, 1.165) is 67.0 Å². The van der Waals surface area contributed by atoms with E-state index in [-0.39, 0.29) is 11.9 Å². The largest absolute Gasteiger partial charge is 0.387 e. The SMILES string of the molecule is CC(NC(=O)c1nn(C2CCCCC2)c2c1CCCC2O)C1C2CC3CC(C2)CC1C3. The number of nitrogens with zero attached hydrogens (tertiary/aromatic N) is 2. The second-order valence-corrected chi connectivity index (χ2v) is 11.6. The van der Waals surface area contributed by atoms with Crippen LogP contribution in [-0.4, -0.2) is 26.8 Å². The second kappa shape index (κ2) is 7.90. The molecule has 31 heavy (non-hydrogen) atoms. The number of hydrogen-bond acceptors (Lipinski definition) is 3. The van der Waals surface area contributed by atoms with E-state index in [0.29, 0.717) is 17.7 Å². The van der Waals surface area contributed by atoms with Crippen LogP contribution in [0.25, 0.3) is 0 Å². The fourth-order valence-corrected chi connectivity index (χ4v) is 8.63. The van der Waals surface area contributed by atoms with E-state index in [2.05, 4.69) is 16.9 Å². The molecule has 6 aliphatic carbocycles. The molecular weight excluding hydrogens is 386 g/mol. The minimum atomic E-state index is -0.471. The number of amides is 1. The Balaban J connectivity index is 1.24. The van der Waals surface area contributed by atoms with E-state index in [4.69, 9.17) is 5.10 Å². The van der Waals surface area contributed by atoms with Crippen LogP contribution in [0.3, 0.4) is 0 Å². The molecule has 0 spiro atoms. The number of nitrogens with one attached hydrogen (secondary N) is 1. The fraction of sp³-hybridized carbons (Fsp3) is 0.846. The summed E-state index contributed by atoms with van der Waals surface area (Å²) >= 11 is 0. The van der Waals surface area contributed by atoms with Crippen molar-refractivity contribution in [3.8, 4) is 0 Å². The topological polar surface area (TPSA) is 67.2 Å². The molecule has 5 fully saturated rings. The number of aliphatic hydroxyl groups excluding tert-OH is 1. The van der Waals surface area contributed by atoms with Gasteiger partial charge < -0.3 is 10.4 Å². The zero-order valence-corrected chi connectivity index (χ0v) is 19.1. The molecular formula is C26H39N3O2. The van der Waals surface area contributed by atoms with Crippen molar-refractivity contribution in [1.82, 2.24) is 15.1 Å². The summed E-state index contributed by atoms with van der Waals surface area (Å²) in [5.41, 5.74) is 2.58. The normalized spacial score (nSPS) is 38.1. The number of fused-ring (bicyclic) bond motifs is 1. The molecule has 1 aromatic rings. The van der Waals surface area contributed by atoms with Crippen LogP contribution in [0.5, 0.6) is 0 Å². The molecule has 0 aromatic carbocycles. The second-order valence-electron chi connectivity index (χ2n) is 11.6. The van der Waals surface area contributed by atoms with E-state index in [1.54, 1.807) is 0 Å². The van der Waals surface area contributed by atoms with Crippen molar-refractivity contribution in [2.24, 2.45) is 29.6 Å². The van der Waals surface area contributed by atoms with E-state index >= 15 is 0 Å². The Morgan fingerprint density at radius 1 is 1.00 bits per heavy atom. The number of aliphatic hydroxyl groups is 1. The summed E-state index contributed by atoms with van der Waals surface area (Å²) in [6.45, 7) is 2.24. The molecule has 7 rings (SSSR count). The molecule has 5 heteroatoms. The average Bonchev–Trinajstić information content (AvgIpc) is 3.15. The summed E-state index contributed by atoms with van der Waals surface area (Å²) in [5.74, 6) is 4.17. The molecule has 5 nitrogen and oxygen atoms in total. The van der Waals surface area contributed by atoms with Crippen molar-refractivity contribution >= 4 is 5.91 Å². The number of carbonyl (C=O) groups excluding carboxylic acids is 1. The Morgan fingerprint density at radius 3 is 2.35 bits per heavy atom. The molecule has 0 radical (unpaired) electrons. The Hall–Kier alpha value is -1.36. The van der Waals surface area contributed by atoms with E-state index in [1.165, 1.54) is 51.4 Å². The van der Waals surface area contributed by atoms with Crippen LogP contribution in [-0.2, 0) is 6.42 Å². The summed E-state index contributed by atoms with van der Waals surface area (Å²) in [7, 11) is 0. The van der Waals surface area contributed by atoms with Gasteiger partial charge in [-0.2, -0.15) is 5.10 Å². The van der Waals surface area contributed by atoms with Crippen LogP contribution in [0.4, 0.5) is 0 Å². The fourth-order valence-electron chi connectivity index (χ4n) is 8.63. The predicted octanol–water partition coefficient (Wildman–Crippen LogP) is 4.95. The van der Waals surface area contributed by atoms with E-state index in [1.807, 2.05) is 0 Å². The van der Waals surface area contributed by atoms with Gasteiger partial charge >= 0.3 is 0 Å². The summed E-state index contributed by atoms with van der Waals surface area (Å²) in [5, 5.41) is 19.1. The summed E-state index contributed by atoms with van der Waals surface area (Å²) in [4.78, 5) is 13.5. The average molecular weight is 426 g/mol. The molecule has 5 saturated carbocycles. The predicted molar refractivity (Wildman–Crippen MR) is 120 cm³/mol. The Kier molecular flexibility index (Phi) is 5.16. The van der Waals surface area contributed by atoms with Gasteiger partial charge in [-0.1, -0.05) is 19.3 Å². The molecule has 6 aliphatic rings. The van der Waals surface area contributed by atoms with Crippen molar-refractivity contribution in [1.29, 1.82) is 0 Å². The third kappa shape index (κ3) is 3.46. The van der Waals surface area contributed by atoms with Gasteiger partial charge in [0, 0.05) is 11.6 Å². The Morgan fingerprint density at radius 2 is 1.68 bits per heavy atom. The van der Waals surface area contributed by atoms with Crippen LogP contribution in [0.1, 0.15) is 118 Å². The molecule has 4 bridgehead atoms. The van der Waals surface area contributed by atoms with Crippen LogP contribution in [0, 0.1) is 29.6 Å². The lowest BCUT2D eigenvalue weighted by atomic mass is 9.50. The van der Waals surface area contributed by atoms with E-state index in [9.17, 15) is 9.90 Å². The highest BCUT2D eigenvalue weighted by Crippen LogP contribution is 2.57. The lowest BCUT2D eigenvalue weighted by molar-refractivity contribution is -0.0481. The van der Waals surface area contributed by atoms with Gasteiger partial charge in [-0.15, -0.1) is 0 Å². The zero-order chi connectivity index (χ0) is 21.1. The first-order valence-corrected chi connectivity index (χ1v) is 13.2. The molecule has 0 aliphatic heterocycles. The lowest BCUT2D eigenvalue weighted by Crippen LogP contribution is -2.53. The molecule has 2 atom stereocenters. The summed E-state index contributed by atoms with van der Waals surface area (Å²) in [6.07, 6.45) is 15.1. The molecule has 0 saturated heterocycles. The number of carbonyl (C=O) groups is 1. The van der Waals surface area contributed by atoms with Gasteiger partial charge in [0.25, 0.3) is 5.91 Å². The standard InChI is InChI=1S/C26H39N3O2/c1-15(23-18-11-16-10-17(13-18)14-19(23)12-16)27-26(31)24-21-8-5-9-22(30)25(21)29(28-24)20-6-3-2-4-7-20/h15-20,22-23,30H,2-14H2,1H3,(H,27,31). The molecule has 2 unspecified atom stereocenters. The third-order valence-electron chi connectivity index (χ3n) is 9.64. The maximum Gasteiger partial charge on any atom is 0.272 e. The third-order valence-corrected chi connectivity index (χ3v) is 9.64. The highest BCUT2D eigenvalue weighted by atomic mass is 16.3. The van der Waals surface area contributed by atoms with Crippen molar-refractivity contribution < 1.29 is 9.90 Å². The number of aromatic nitrogens is 2. The monoisotopic (exact) mass is 425 g/mol. The van der Waals surface area contributed by atoms with Gasteiger partial charge in [-0.05, 0) is 101 Å². The van der Waals surface area contributed by atoms with Gasteiger partial charge in [0.1, 0.15) is 0 Å². The van der Waals surface area contributed by atoms with Crippen molar-refractivity contribution in [3.63, 3.8) is 0 Å². The van der Waals surface area contributed by atoms with Crippen LogP contribution in [0.2, 0.25) is 0 Å². The van der Waals surface area contributed by atoms with Gasteiger partial charge in [0.15, 0.2) is 5.69 Å². The molecule has 1 aromatic heterocycles. The van der Waals surface area contributed by atoms with Crippen LogP contribution < -0.4 is 5.32 Å². The summed E-state index contributed by atoms with van der Waals surface area (Å²) < 4.78 is 2.07. The molecule has 2 N–H and O–H groups in total. The highest BCUT2D eigenvalue weighted by molar-refractivity contribution is 5.94. The zero-order valence-electron chi connectivity index (χ0n) is 19.1. The molecule has 170 valence electrons. The number of rotatable bonds is 4.